The molecule has 0 aromatic carbocycles. The highest BCUT2D eigenvalue weighted by molar-refractivity contribution is 5.07. The van der Waals surface area contributed by atoms with Crippen LogP contribution in [0.2, 0.25) is 0 Å². The van der Waals surface area contributed by atoms with Crippen molar-refractivity contribution in [2.75, 3.05) is 26.4 Å². The molecule has 1 aromatic rings. The summed E-state index contributed by atoms with van der Waals surface area (Å²) in [6.07, 6.45) is 1.89. The van der Waals surface area contributed by atoms with Crippen LogP contribution in [-0.2, 0) is 16.0 Å². The number of aromatic amines is 1. The zero-order chi connectivity index (χ0) is 10.5. The predicted molar refractivity (Wildman–Crippen MR) is 55.6 cm³/mol. The molecule has 1 aliphatic heterocycles. The average Bonchev–Trinajstić information content (AvgIpc) is 2.66. The second-order valence-corrected chi connectivity index (χ2v) is 3.67. The summed E-state index contributed by atoms with van der Waals surface area (Å²) >= 11 is 0. The Morgan fingerprint density at radius 2 is 2.53 bits per heavy atom. The van der Waals surface area contributed by atoms with Gasteiger partial charge in [-0.1, -0.05) is 0 Å². The van der Waals surface area contributed by atoms with Gasteiger partial charge in [0.15, 0.2) is 0 Å². The normalized spacial score (nSPS) is 21.8. The van der Waals surface area contributed by atoms with Crippen molar-refractivity contribution in [2.24, 2.45) is 0 Å². The van der Waals surface area contributed by atoms with Gasteiger partial charge in [-0.05, 0) is 6.92 Å². The molecule has 0 amide bonds. The first-order chi connectivity index (χ1) is 7.36. The lowest BCUT2D eigenvalue weighted by atomic mass is 10.3. The lowest BCUT2D eigenvalue weighted by Crippen LogP contribution is -2.37. The minimum Gasteiger partial charge on any atom is -0.376 e. The van der Waals surface area contributed by atoms with E-state index in [2.05, 4.69) is 15.3 Å². The Morgan fingerprint density at radius 3 is 3.20 bits per heavy atom. The average molecular weight is 211 g/mol. The summed E-state index contributed by atoms with van der Waals surface area (Å²) in [7, 11) is 0. The predicted octanol–water partition coefficient (Wildman–Crippen LogP) is 0.223. The highest BCUT2D eigenvalue weighted by atomic mass is 16.6. The Kier molecular flexibility index (Phi) is 3.71. The third-order valence-corrected chi connectivity index (χ3v) is 2.48. The molecule has 84 valence electrons. The summed E-state index contributed by atoms with van der Waals surface area (Å²) in [6.45, 7) is 5.71. The Morgan fingerprint density at radius 1 is 1.60 bits per heavy atom. The van der Waals surface area contributed by atoms with Crippen molar-refractivity contribution in [2.45, 2.75) is 19.6 Å². The Balaban J connectivity index is 1.68. The number of imidazole rings is 1. The van der Waals surface area contributed by atoms with Crippen molar-refractivity contribution >= 4 is 0 Å². The summed E-state index contributed by atoms with van der Waals surface area (Å²) in [5, 5.41) is 3.31. The van der Waals surface area contributed by atoms with Gasteiger partial charge in [0, 0.05) is 18.8 Å². The lowest BCUT2D eigenvalue weighted by Gasteiger charge is -2.23. The SMILES string of the molecule is Cc1[nH]cnc1CNCC1COCCO1. The van der Waals surface area contributed by atoms with E-state index >= 15 is 0 Å². The Labute approximate surface area is 89.2 Å². The van der Waals surface area contributed by atoms with Gasteiger partial charge in [0.2, 0.25) is 0 Å². The molecule has 0 bridgehead atoms. The zero-order valence-corrected chi connectivity index (χ0v) is 8.95. The van der Waals surface area contributed by atoms with E-state index in [4.69, 9.17) is 9.47 Å². The lowest BCUT2D eigenvalue weighted by molar-refractivity contribution is -0.0864. The molecule has 1 saturated heterocycles. The molecule has 0 spiro atoms. The molecule has 1 unspecified atom stereocenters. The molecule has 2 N–H and O–H groups in total. The molecule has 1 fully saturated rings. The second kappa shape index (κ2) is 5.25. The third-order valence-electron chi connectivity index (χ3n) is 2.48. The number of hydrogen-bond acceptors (Lipinski definition) is 4. The van der Waals surface area contributed by atoms with Gasteiger partial charge in [0.1, 0.15) is 0 Å². The smallest absolute Gasteiger partial charge is 0.0933 e. The van der Waals surface area contributed by atoms with Crippen LogP contribution in [0.1, 0.15) is 11.4 Å². The van der Waals surface area contributed by atoms with Crippen molar-refractivity contribution in [3.05, 3.63) is 17.7 Å². The first-order valence-corrected chi connectivity index (χ1v) is 5.25. The van der Waals surface area contributed by atoms with Crippen LogP contribution in [0, 0.1) is 6.92 Å². The van der Waals surface area contributed by atoms with Gasteiger partial charge < -0.3 is 19.8 Å². The Bertz CT molecular complexity index is 295. The molecule has 0 saturated carbocycles. The number of aromatic nitrogens is 2. The van der Waals surface area contributed by atoms with E-state index < -0.39 is 0 Å². The zero-order valence-electron chi connectivity index (χ0n) is 8.95. The number of aryl methyl sites for hydroxylation is 1. The fourth-order valence-electron chi connectivity index (χ4n) is 1.57. The first kappa shape index (κ1) is 10.6. The molecule has 5 heteroatoms. The maximum atomic E-state index is 5.51. The topological polar surface area (TPSA) is 59.2 Å². The molecule has 1 atom stereocenters. The van der Waals surface area contributed by atoms with Crippen LogP contribution in [0.3, 0.4) is 0 Å². The van der Waals surface area contributed by atoms with Crippen molar-refractivity contribution in [3.8, 4) is 0 Å². The monoisotopic (exact) mass is 211 g/mol. The van der Waals surface area contributed by atoms with E-state index in [1.54, 1.807) is 6.33 Å². The largest absolute Gasteiger partial charge is 0.376 e. The van der Waals surface area contributed by atoms with E-state index in [-0.39, 0.29) is 6.10 Å². The van der Waals surface area contributed by atoms with E-state index in [1.807, 2.05) is 6.92 Å². The van der Waals surface area contributed by atoms with Gasteiger partial charge in [-0.2, -0.15) is 0 Å². The van der Waals surface area contributed by atoms with Crippen molar-refractivity contribution in [1.82, 2.24) is 15.3 Å². The summed E-state index contributed by atoms with van der Waals surface area (Å²) in [5.74, 6) is 0. The minimum absolute atomic E-state index is 0.179. The van der Waals surface area contributed by atoms with Crippen molar-refractivity contribution < 1.29 is 9.47 Å². The van der Waals surface area contributed by atoms with E-state index in [0.717, 1.165) is 31.1 Å². The number of H-pyrrole nitrogens is 1. The van der Waals surface area contributed by atoms with Gasteiger partial charge in [-0.15, -0.1) is 0 Å². The van der Waals surface area contributed by atoms with E-state index in [0.29, 0.717) is 13.2 Å². The number of nitrogens with zero attached hydrogens (tertiary/aromatic N) is 1. The number of hydrogen-bond donors (Lipinski definition) is 2. The standard InChI is InChI=1S/C10H17N3O2/c1-8-10(13-7-12-8)5-11-4-9-6-14-2-3-15-9/h7,9,11H,2-6H2,1H3,(H,12,13). The molecular weight excluding hydrogens is 194 g/mol. The van der Waals surface area contributed by atoms with Crippen LogP contribution >= 0.6 is 0 Å². The Hall–Kier alpha value is -0.910. The van der Waals surface area contributed by atoms with Crippen molar-refractivity contribution in [1.29, 1.82) is 0 Å². The van der Waals surface area contributed by atoms with Crippen LogP contribution in [0.4, 0.5) is 0 Å². The fraction of sp³-hybridized carbons (Fsp3) is 0.700. The summed E-state index contributed by atoms with van der Waals surface area (Å²) in [5.41, 5.74) is 2.18. The van der Waals surface area contributed by atoms with Gasteiger partial charge in [0.05, 0.1) is 37.9 Å². The highest BCUT2D eigenvalue weighted by Gasteiger charge is 2.13. The first-order valence-electron chi connectivity index (χ1n) is 5.25. The minimum atomic E-state index is 0.179. The summed E-state index contributed by atoms with van der Waals surface area (Å²) < 4.78 is 10.8. The molecule has 5 nitrogen and oxygen atoms in total. The van der Waals surface area contributed by atoms with E-state index in [9.17, 15) is 0 Å². The summed E-state index contributed by atoms with van der Waals surface area (Å²) in [4.78, 5) is 7.26. The molecule has 1 aliphatic rings. The van der Waals surface area contributed by atoms with Crippen LogP contribution in [-0.4, -0.2) is 42.4 Å². The van der Waals surface area contributed by atoms with E-state index in [1.165, 1.54) is 0 Å². The maximum absolute atomic E-state index is 5.51. The van der Waals surface area contributed by atoms with Crippen LogP contribution in [0.15, 0.2) is 6.33 Å². The molecule has 0 aliphatic carbocycles. The van der Waals surface area contributed by atoms with Crippen LogP contribution in [0.5, 0.6) is 0 Å². The highest BCUT2D eigenvalue weighted by Crippen LogP contribution is 2.01. The molecule has 1 aromatic heterocycles. The summed E-state index contributed by atoms with van der Waals surface area (Å²) in [6, 6.07) is 0. The van der Waals surface area contributed by atoms with Crippen LogP contribution < -0.4 is 5.32 Å². The van der Waals surface area contributed by atoms with Crippen molar-refractivity contribution in [3.63, 3.8) is 0 Å². The third kappa shape index (κ3) is 3.02. The molecular formula is C10H17N3O2. The molecule has 15 heavy (non-hydrogen) atoms. The molecule has 0 radical (unpaired) electrons. The fourth-order valence-corrected chi connectivity index (χ4v) is 1.57. The van der Waals surface area contributed by atoms with Crippen LogP contribution in [0.25, 0.3) is 0 Å². The number of nitrogens with one attached hydrogen (secondary N) is 2. The number of ether oxygens (including phenoxy) is 2. The van der Waals surface area contributed by atoms with Gasteiger partial charge in [-0.25, -0.2) is 4.98 Å². The maximum Gasteiger partial charge on any atom is 0.0933 e. The molecule has 2 heterocycles. The van der Waals surface area contributed by atoms with Gasteiger partial charge in [-0.3, -0.25) is 0 Å². The van der Waals surface area contributed by atoms with Gasteiger partial charge >= 0.3 is 0 Å². The number of rotatable bonds is 4. The quantitative estimate of drug-likeness (QED) is 0.748. The molecule has 2 rings (SSSR count). The van der Waals surface area contributed by atoms with Gasteiger partial charge in [0.25, 0.3) is 0 Å². The second-order valence-electron chi connectivity index (χ2n) is 3.67.